The molecule has 0 amide bonds. The minimum atomic E-state index is -0.485. The van der Waals surface area contributed by atoms with E-state index in [-0.39, 0.29) is 12.1 Å². The third-order valence-corrected chi connectivity index (χ3v) is 2.72. The number of ether oxygens (including phenoxy) is 2. The van der Waals surface area contributed by atoms with Crippen LogP contribution in [0.25, 0.3) is 0 Å². The van der Waals surface area contributed by atoms with Crippen LogP contribution in [0.15, 0.2) is 18.2 Å². The van der Waals surface area contributed by atoms with Crippen molar-refractivity contribution in [3.05, 3.63) is 34.9 Å². The highest BCUT2D eigenvalue weighted by molar-refractivity contribution is 5.78. The van der Waals surface area contributed by atoms with Crippen molar-refractivity contribution in [1.82, 2.24) is 0 Å². The number of epoxide rings is 1. The van der Waals surface area contributed by atoms with Crippen LogP contribution in [0.1, 0.15) is 29.7 Å². The molecule has 0 aliphatic carbocycles. The molecule has 0 unspecified atom stereocenters. The van der Waals surface area contributed by atoms with Crippen LogP contribution < -0.4 is 0 Å². The fourth-order valence-electron chi connectivity index (χ4n) is 1.82. The van der Waals surface area contributed by atoms with Crippen molar-refractivity contribution in [2.24, 2.45) is 0 Å². The summed E-state index contributed by atoms with van der Waals surface area (Å²) in [4.78, 5) is 11.4. The molecule has 4 nitrogen and oxygen atoms in total. The number of nitrogens with zero attached hydrogens (tertiary/aromatic N) is 1. The van der Waals surface area contributed by atoms with Gasteiger partial charge >= 0.3 is 5.97 Å². The van der Waals surface area contributed by atoms with E-state index in [0.29, 0.717) is 12.2 Å². The van der Waals surface area contributed by atoms with Crippen LogP contribution in [0.2, 0.25) is 0 Å². The van der Waals surface area contributed by atoms with Crippen molar-refractivity contribution in [1.29, 1.82) is 5.26 Å². The lowest BCUT2D eigenvalue weighted by Gasteiger charge is -2.02. The van der Waals surface area contributed by atoms with Crippen molar-refractivity contribution >= 4 is 5.97 Å². The highest BCUT2D eigenvalue weighted by Gasteiger charge is 2.47. The van der Waals surface area contributed by atoms with Crippen LogP contribution in [0.3, 0.4) is 0 Å². The van der Waals surface area contributed by atoms with E-state index in [9.17, 15) is 4.79 Å². The highest BCUT2D eigenvalue weighted by atomic mass is 16.6. The first-order valence-electron chi connectivity index (χ1n) is 5.50. The van der Waals surface area contributed by atoms with E-state index in [1.165, 1.54) is 0 Å². The van der Waals surface area contributed by atoms with Gasteiger partial charge in [0.15, 0.2) is 6.10 Å². The number of hydrogen-bond acceptors (Lipinski definition) is 4. The summed E-state index contributed by atoms with van der Waals surface area (Å²) < 4.78 is 10.2. The van der Waals surface area contributed by atoms with E-state index in [1.54, 1.807) is 19.1 Å². The summed E-state index contributed by atoms with van der Waals surface area (Å²) in [5, 5.41) is 8.76. The Bertz CT molecular complexity index is 490. The Morgan fingerprint density at radius 1 is 1.59 bits per heavy atom. The molecule has 2 rings (SSSR count). The zero-order chi connectivity index (χ0) is 12.4. The van der Waals surface area contributed by atoms with Crippen LogP contribution in [0.4, 0.5) is 0 Å². The molecule has 0 saturated carbocycles. The Morgan fingerprint density at radius 2 is 2.35 bits per heavy atom. The van der Waals surface area contributed by atoms with Crippen LogP contribution >= 0.6 is 0 Å². The van der Waals surface area contributed by atoms with E-state index < -0.39 is 6.10 Å². The van der Waals surface area contributed by atoms with Gasteiger partial charge in [-0.2, -0.15) is 5.26 Å². The molecule has 1 saturated heterocycles. The zero-order valence-electron chi connectivity index (χ0n) is 9.77. The zero-order valence-corrected chi connectivity index (χ0v) is 9.77. The maximum Gasteiger partial charge on any atom is 0.338 e. The van der Waals surface area contributed by atoms with Gasteiger partial charge in [0.05, 0.1) is 18.2 Å². The molecule has 2 atom stereocenters. The van der Waals surface area contributed by atoms with Crippen LogP contribution in [0, 0.1) is 18.3 Å². The van der Waals surface area contributed by atoms with Gasteiger partial charge in [0.1, 0.15) is 6.10 Å². The van der Waals surface area contributed by atoms with Crippen molar-refractivity contribution in [3.63, 3.8) is 0 Å². The molecule has 1 aliphatic rings. The van der Waals surface area contributed by atoms with Crippen LogP contribution in [0.5, 0.6) is 0 Å². The summed E-state index contributed by atoms with van der Waals surface area (Å²) >= 11 is 0. The molecule has 4 heteroatoms. The molecular weight excluding hydrogens is 218 g/mol. The number of hydrogen-bond donors (Lipinski definition) is 0. The normalized spacial score (nSPS) is 21.7. The first-order chi connectivity index (χ1) is 8.17. The van der Waals surface area contributed by atoms with Crippen molar-refractivity contribution in [2.75, 3.05) is 6.61 Å². The molecule has 0 radical (unpaired) electrons. The van der Waals surface area contributed by atoms with E-state index in [0.717, 1.165) is 11.1 Å². The van der Waals surface area contributed by atoms with E-state index in [4.69, 9.17) is 14.7 Å². The molecule has 1 fully saturated rings. The van der Waals surface area contributed by atoms with Crippen LogP contribution in [-0.2, 0) is 14.3 Å². The Balaban J connectivity index is 2.11. The summed E-state index contributed by atoms with van der Waals surface area (Å²) in [6, 6.07) is 7.43. The number of rotatable bonds is 3. The van der Waals surface area contributed by atoms with Gasteiger partial charge in [-0.3, -0.25) is 0 Å². The van der Waals surface area contributed by atoms with Gasteiger partial charge < -0.3 is 9.47 Å². The van der Waals surface area contributed by atoms with E-state index in [1.807, 2.05) is 13.0 Å². The Labute approximate surface area is 99.8 Å². The molecule has 0 N–H and O–H groups in total. The lowest BCUT2D eigenvalue weighted by Crippen LogP contribution is -2.12. The van der Waals surface area contributed by atoms with Crippen LogP contribution in [-0.4, -0.2) is 18.7 Å². The molecule has 1 aromatic rings. The third-order valence-electron chi connectivity index (χ3n) is 2.72. The average Bonchev–Trinajstić information content (AvgIpc) is 3.09. The number of esters is 1. The predicted octanol–water partition coefficient (Wildman–Crippen LogP) is 1.87. The largest absolute Gasteiger partial charge is 0.464 e. The minimum absolute atomic E-state index is 0.221. The number of carbonyl (C=O) groups is 1. The Kier molecular flexibility index (Phi) is 3.12. The summed E-state index contributed by atoms with van der Waals surface area (Å²) in [7, 11) is 0. The quantitative estimate of drug-likeness (QED) is 0.588. The lowest BCUT2D eigenvalue weighted by molar-refractivity contribution is -0.144. The monoisotopic (exact) mass is 231 g/mol. The van der Waals surface area contributed by atoms with E-state index in [2.05, 4.69) is 6.07 Å². The summed E-state index contributed by atoms with van der Waals surface area (Å²) in [5.74, 6) is -0.318. The lowest BCUT2D eigenvalue weighted by atomic mass is 10.0. The van der Waals surface area contributed by atoms with Gasteiger partial charge in [0.2, 0.25) is 0 Å². The van der Waals surface area contributed by atoms with Gasteiger partial charge in [-0.25, -0.2) is 4.79 Å². The first kappa shape index (κ1) is 11.6. The fraction of sp³-hybridized carbons (Fsp3) is 0.385. The maximum atomic E-state index is 11.4. The third kappa shape index (κ3) is 2.29. The molecular formula is C13H13NO3. The van der Waals surface area contributed by atoms with Crippen molar-refractivity contribution in [3.8, 4) is 6.07 Å². The SMILES string of the molecule is CCOC(=O)[C@@H]1O[C@H]1c1ccc(C#N)cc1C. The smallest absolute Gasteiger partial charge is 0.338 e. The second-order valence-electron chi connectivity index (χ2n) is 3.91. The average molecular weight is 231 g/mol. The molecule has 0 bridgehead atoms. The predicted molar refractivity (Wildman–Crippen MR) is 60.1 cm³/mol. The molecule has 88 valence electrons. The minimum Gasteiger partial charge on any atom is -0.464 e. The number of aryl methyl sites for hydroxylation is 1. The number of benzene rings is 1. The first-order valence-corrected chi connectivity index (χ1v) is 5.50. The maximum absolute atomic E-state index is 11.4. The Morgan fingerprint density at radius 3 is 2.94 bits per heavy atom. The second-order valence-corrected chi connectivity index (χ2v) is 3.91. The summed E-state index contributed by atoms with van der Waals surface area (Å²) in [5.41, 5.74) is 2.52. The molecule has 0 aromatic heterocycles. The molecule has 1 aliphatic heterocycles. The van der Waals surface area contributed by atoms with Gasteiger partial charge in [-0.1, -0.05) is 6.07 Å². The molecule has 1 aromatic carbocycles. The van der Waals surface area contributed by atoms with Gasteiger partial charge in [0, 0.05) is 0 Å². The fourth-order valence-corrected chi connectivity index (χ4v) is 1.82. The summed E-state index contributed by atoms with van der Waals surface area (Å²) in [6.07, 6.45) is -0.705. The standard InChI is InChI=1S/C13H13NO3/c1-3-16-13(15)12-11(17-12)10-5-4-9(7-14)6-8(10)2/h4-6,11-12H,3H2,1-2H3/t11-,12+/m0/s1. The molecule has 1 heterocycles. The van der Waals surface area contributed by atoms with Crippen molar-refractivity contribution < 1.29 is 14.3 Å². The Hall–Kier alpha value is -1.86. The number of carbonyl (C=O) groups excluding carboxylic acids is 1. The van der Waals surface area contributed by atoms with Gasteiger partial charge in [-0.15, -0.1) is 0 Å². The molecule has 17 heavy (non-hydrogen) atoms. The van der Waals surface area contributed by atoms with E-state index >= 15 is 0 Å². The topological polar surface area (TPSA) is 62.6 Å². The second kappa shape index (κ2) is 4.56. The molecule has 0 spiro atoms. The van der Waals surface area contributed by atoms with Gasteiger partial charge in [-0.05, 0) is 37.1 Å². The van der Waals surface area contributed by atoms with Crippen molar-refractivity contribution in [2.45, 2.75) is 26.1 Å². The van der Waals surface area contributed by atoms with Gasteiger partial charge in [0.25, 0.3) is 0 Å². The highest BCUT2D eigenvalue weighted by Crippen LogP contribution is 2.40. The summed E-state index contributed by atoms with van der Waals surface area (Å²) in [6.45, 7) is 4.03. The number of nitriles is 1.